The summed E-state index contributed by atoms with van der Waals surface area (Å²) in [6.07, 6.45) is 1.24. The van der Waals surface area contributed by atoms with Gasteiger partial charge in [0.1, 0.15) is 22.9 Å². The van der Waals surface area contributed by atoms with E-state index in [1.54, 1.807) is 0 Å². The highest BCUT2D eigenvalue weighted by Crippen LogP contribution is 2.40. The Balaban J connectivity index is 1.62. The minimum atomic E-state index is -4.78. The molecule has 14 nitrogen and oxygen atoms in total. The Bertz CT molecular complexity index is 2190. The Labute approximate surface area is 316 Å². The number of carbonyl (C=O) groups excluding carboxylic acids is 6. The normalized spacial score (nSPS) is 10.8. The molecule has 0 saturated carbocycles. The molecule has 0 bridgehead atoms. The molecule has 55 heavy (non-hydrogen) atoms. The second-order valence-corrected chi connectivity index (χ2v) is 14.0. The zero-order valence-corrected chi connectivity index (χ0v) is 30.5. The zero-order valence-electron chi connectivity index (χ0n) is 29.7. The van der Waals surface area contributed by atoms with Gasteiger partial charge in [0.05, 0.1) is 34.1 Å². The molecule has 0 heterocycles. The van der Waals surface area contributed by atoms with E-state index in [0.717, 1.165) is 24.3 Å². The van der Waals surface area contributed by atoms with E-state index in [0.29, 0.717) is 23.7 Å². The van der Waals surface area contributed by atoms with Gasteiger partial charge in [-0.1, -0.05) is 37.4 Å². The molecule has 4 aromatic rings. The SMILES string of the molecule is C=C(C)C(=O)OCCc1ccc(C(=O)Nc2c(O)cccc2S(=O)(=O)c2cccc(O)c2NC(=O)c2ccc(CCOC(=O)C(=C)C)cc2C=O)c(C=O)c1. The topological polar surface area (TPSA) is 220 Å². The second-order valence-electron chi connectivity index (χ2n) is 12.1. The van der Waals surface area contributed by atoms with Gasteiger partial charge in [-0.05, 0) is 73.5 Å². The van der Waals surface area contributed by atoms with Crippen molar-refractivity contribution in [1.29, 1.82) is 0 Å². The van der Waals surface area contributed by atoms with E-state index >= 15 is 0 Å². The van der Waals surface area contributed by atoms with Crippen molar-refractivity contribution >= 4 is 57.5 Å². The third-order valence-electron chi connectivity index (χ3n) is 7.98. The van der Waals surface area contributed by atoms with Crippen LogP contribution in [0.15, 0.2) is 107 Å². The fourth-order valence-electron chi connectivity index (χ4n) is 5.13. The standard InChI is InChI=1S/C40H36N2O12S/c1-23(2)39(49)53-17-15-25-11-13-29(27(19-25)21-43)37(47)41-35-31(45)7-5-9-33(35)55(51,52)34-10-6-8-32(46)36(34)42-38(48)30-14-12-26(20-28(30)22-44)16-18-54-40(50)24(3)4/h5-14,19-22,45-46H,1,3,15-18H2,2,4H3,(H,41,47)(H,42,48). The van der Waals surface area contributed by atoms with Gasteiger partial charge in [0.25, 0.3) is 11.8 Å². The number of sulfone groups is 1. The zero-order chi connectivity index (χ0) is 40.4. The molecule has 0 aliphatic heterocycles. The van der Waals surface area contributed by atoms with Crippen molar-refractivity contribution in [3.05, 3.63) is 130 Å². The van der Waals surface area contributed by atoms with Gasteiger partial charge in [0.2, 0.25) is 9.84 Å². The average molecular weight is 769 g/mol. The van der Waals surface area contributed by atoms with Crippen molar-refractivity contribution in [3.63, 3.8) is 0 Å². The van der Waals surface area contributed by atoms with Crippen LogP contribution in [0.5, 0.6) is 11.5 Å². The predicted molar refractivity (Wildman–Crippen MR) is 200 cm³/mol. The van der Waals surface area contributed by atoms with Crippen LogP contribution in [-0.4, -0.2) is 68.2 Å². The number of hydrogen-bond acceptors (Lipinski definition) is 12. The lowest BCUT2D eigenvalue weighted by atomic mass is 10.0. The third-order valence-corrected chi connectivity index (χ3v) is 9.82. The van der Waals surface area contributed by atoms with Gasteiger partial charge in [0, 0.05) is 35.1 Å². The van der Waals surface area contributed by atoms with E-state index in [1.807, 2.05) is 0 Å². The monoisotopic (exact) mass is 768 g/mol. The number of para-hydroxylation sites is 2. The summed E-state index contributed by atoms with van der Waals surface area (Å²) in [5.41, 5.74) is -0.0818. The number of nitrogens with one attached hydrogen (secondary N) is 2. The van der Waals surface area contributed by atoms with Crippen LogP contribution in [-0.2, 0) is 41.7 Å². The lowest BCUT2D eigenvalue weighted by Gasteiger charge is -2.17. The Kier molecular flexibility index (Phi) is 13.2. The molecular weight excluding hydrogens is 733 g/mol. The highest BCUT2D eigenvalue weighted by Gasteiger charge is 2.30. The number of phenols is 2. The van der Waals surface area contributed by atoms with Crippen LogP contribution in [0, 0.1) is 0 Å². The number of aromatic hydroxyl groups is 2. The minimum absolute atomic E-state index is 0.0208. The molecule has 0 spiro atoms. The van der Waals surface area contributed by atoms with Crippen LogP contribution in [0.2, 0.25) is 0 Å². The molecule has 4 N–H and O–H groups in total. The fraction of sp³-hybridized carbons (Fsp3) is 0.150. The smallest absolute Gasteiger partial charge is 0.333 e. The first kappa shape index (κ1) is 40.9. The van der Waals surface area contributed by atoms with Crippen LogP contribution < -0.4 is 10.6 Å². The number of hydrogen-bond donors (Lipinski definition) is 4. The van der Waals surface area contributed by atoms with Crippen LogP contribution >= 0.6 is 0 Å². The average Bonchev–Trinajstić information content (AvgIpc) is 3.15. The van der Waals surface area contributed by atoms with Gasteiger partial charge >= 0.3 is 11.9 Å². The lowest BCUT2D eigenvalue weighted by molar-refractivity contribution is -0.139. The minimum Gasteiger partial charge on any atom is -0.506 e. The molecule has 0 aliphatic carbocycles. The first-order valence-electron chi connectivity index (χ1n) is 16.4. The molecule has 4 aromatic carbocycles. The summed E-state index contributed by atoms with van der Waals surface area (Å²) in [4.78, 5) is 73.0. The molecule has 0 atom stereocenters. The Morgan fingerprint density at radius 3 is 1.38 bits per heavy atom. The molecule has 0 aromatic heterocycles. The number of aldehydes is 2. The number of amides is 2. The molecule has 0 aliphatic rings. The molecular formula is C40H36N2O12S. The van der Waals surface area contributed by atoms with E-state index in [2.05, 4.69) is 23.8 Å². The first-order chi connectivity index (χ1) is 26.1. The van der Waals surface area contributed by atoms with Crippen molar-refractivity contribution in [1.82, 2.24) is 0 Å². The van der Waals surface area contributed by atoms with E-state index < -0.39 is 66.3 Å². The van der Waals surface area contributed by atoms with E-state index in [-0.39, 0.29) is 59.5 Å². The fourth-order valence-corrected chi connectivity index (χ4v) is 6.73. The van der Waals surface area contributed by atoms with Crippen molar-refractivity contribution < 1.29 is 56.9 Å². The third kappa shape index (κ3) is 9.77. The summed E-state index contributed by atoms with van der Waals surface area (Å²) in [6.45, 7) is 9.94. The number of carbonyl (C=O) groups is 6. The van der Waals surface area contributed by atoms with Crippen molar-refractivity contribution in [2.24, 2.45) is 0 Å². The predicted octanol–water partition coefficient (Wildman–Crippen LogP) is 5.38. The molecule has 0 unspecified atom stereocenters. The van der Waals surface area contributed by atoms with Crippen LogP contribution in [0.3, 0.4) is 0 Å². The van der Waals surface area contributed by atoms with Gasteiger partial charge in [-0.25, -0.2) is 18.0 Å². The summed E-state index contributed by atoms with van der Waals surface area (Å²) in [5, 5.41) is 26.3. The quantitative estimate of drug-likeness (QED) is 0.0489. The lowest BCUT2D eigenvalue weighted by Crippen LogP contribution is -2.19. The summed E-state index contributed by atoms with van der Waals surface area (Å²) in [7, 11) is -4.78. The van der Waals surface area contributed by atoms with E-state index in [1.165, 1.54) is 62.4 Å². The second kappa shape index (κ2) is 17.8. The molecule has 0 radical (unpaired) electrons. The molecule has 284 valence electrons. The van der Waals surface area contributed by atoms with Crippen LogP contribution in [0.4, 0.5) is 11.4 Å². The van der Waals surface area contributed by atoms with Crippen LogP contribution in [0.1, 0.15) is 66.4 Å². The summed E-state index contributed by atoms with van der Waals surface area (Å²) in [6, 6.07) is 15.2. The highest BCUT2D eigenvalue weighted by molar-refractivity contribution is 7.91. The van der Waals surface area contributed by atoms with E-state index in [9.17, 15) is 47.4 Å². The number of benzene rings is 4. The number of anilines is 2. The van der Waals surface area contributed by atoms with Crippen molar-refractivity contribution in [3.8, 4) is 11.5 Å². The Morgan fingerprint density at radius 1 is 0.655 bits per heavy atom. The number of phenolic OH excluding ortho intramolecular Hbond substituents is 2. The largest absolute Gasteiger partial charge is 0.506 e. The maximum absolute atomic E-state index is 14.2. The van der Waals surface area contributed by atoms with E-state index in [4.69, 9.17) is 9.47 Å². The Hall–Kier alpha value is -6.87. The highest BCUT2D eigenvalue weighted by atomic mass is 32.2. The Morgan fingerprint density at radius 2 is 1.04 bits per heavy atom. The van der Waals surface area contributed by atoms with Crippen molar-refractivity contribution in [2.45, 2.75) is 36.5 Å². The van der Waals surface area contributed by atoms with Gasteiger partial charge in [-0.2, -0.15) is 0 Å². The summed E-state index contributed by atoms with van der Waals surface area (Å²) >= 11 is 0. The molecule has 0 fully saturated rings. The molecule has 15 heteroatoms. The maximum Gasteiger partial charge on any atom is 0.333 e. The summed E-state index contributed by atoms with van der Waals surface area (Å²) < 4.78 is 38.6. The number of rotatable bonds is 16. The van der Waals surface area contributed by atoms with Gasteiger partial charge in [-0.3, -0.25) is 19.2 Å². The van der Waals surface area contributed by atoms with Crippen molar-refractivity contribution in [2.75, 3.05) is 23.8 Å². The maximum atomic E-state index is 14.2. The molecule has 4 rings (SSSR count). The van der Waals surface area contributed by atoms with Gasteiger partial charge in [-0.15, -0.1) is 0 Å². The number of esters is 2. The molecule has 2 amide bonds. The van der Waals surface area contributed by atoms with Gasteiger partial charge < -0.3 is 30.3 Å². The summed E-state index contributed by atoms with van der Waals surface area (Å²) in [5.74, 6) is -4.40. The van der Waals surface area contributed by atoms with Crippen LogP contribution in [0.25, 0.3) is 0 Å². The number of ether oxygens (including phenoxy) is 2. The molecule has 0 saturated heterocycles. The first-order valence-corrected chi connectivity index (χ1v) is 17.9. The van der Waals surface area contributed by atoms with Gasteiger partial charge in [0.15, 0.2) is 12.6 Å².